The fraction of sp³-hybridized carbons (Fsp3) is 0.412. The van der Waals surface area contributed by atoms with E-state index < -0.39 is 5.54 Å². The van der Waals surface area contributed by atoms with Gasteiger partial charge in [0, 0.05) is 18.1 Å². The molecule has 1 aliphatic carbocycles. The van der Waals surface area contributed by atoms with E-state index in [-0.39, 0.29) is 12.6 Å². The molecular weight excluding hydrogens is 292 g/mol. The van der Waals surface area contributed by atoms with E-state index in [1.54, 1.807) is 6.20 Å². The summed E-state index contributed by atoms with van der Waals surface area (Å²) in [6.07, 6.45) is 7.39. The van der Waals surface area contributed by atoms with Crippen LogP contribution in [-0.2, 0) is 6.54 Å². The largest absolute Gasteiger partial charge is 0.394 e. The van der Waals surface area contributed by atoms with Gasteiger partial charge in [0.05, 0.1) is 18.7 Å². The van der Waals surface area contributed by atoms with Crippen molar-refractivity contribution in [2.75, 3.05) is 11.9 Å². The summed E-state index contributed by atoms with van der Waals surface area (Å²) in [4.78, 5) is 12.2. The molecule has 23 heavy (non-hydrogen) atoms. The molecule has 0 unspecified atom stereocenters. The summed E-state index contributed by atoms with van der Waals surface area (Å²) in [7, 11) is 0. The number of aromatic nitrogens is 2. The Kier molecular flexibility index (Phi) is 4.62. The second-order valence-corrected chi connectivity index (χ2v) is 6.13. The number of anilines is 1. The zero-order valence-electron chi connectivity index (χ0n) is 13.0. The van der Waals surface area contributed by atoms with Gasteiger partial charge < -0.3 is 15.7 Å². The lowest BCUT2D eigenvalue weighted by Crippen LogP contribution is -2.50. The molecule has 6 heteroatoms. The highest BCUT2D eigenvalue weighted by Gasteiger charge is 2.34. The Bertz CT molecular complexity index is 648. The molecule has 0 radical (unpaired) electrons. The van der Waals surface area contributed by atoms with Crippen LogP contribution in [0.1, 0.15) is 31.2 Å². The number of rotatable bonds is 5. The zero-order chi connectivity index (χ0) is 16.1. The summed E-state index contributed by atoms with van der Waals surface area (Å²) < 4.78 is 1.83. The van der Waals surface area contributed by atoms with Crippen LogP contribution in [0, 0.1) is 0 Å². The van der Waals surface area contributed by atoms with Gasteiger partial charge in [-0.25, -0.2) is 4.79 Å². The van der Waals surface area contributed by atoms with Crippen molar-refractivity contribution in [2.24, 2.45) is 0 Å². The highest BCUT2D eigenvalue weighted by atomic mass is 16.3. The molecule has 0 saturated heterocycles. The Morgan fingerprint density at radius 3 is 2.83 bits per heavy atom. The summed E-state index contributed by atoms with van der Waals surface area (Å²) in [5.41, 5.74) is 1.33. The van der Waals surface area contributed by atoms with Crippen molar-refractivity contribution in [3.8, 4) is 0 Å². The summed E-state index contributed by atoms with van der Waals surface area (Å²) in [5.74, 6) is 0. The van der Waals surface area contributed by atoms with Crippen LogP contribution in [0.3, 0.4) is 0 Å². The molecule has 2 amide bonds. The van der Waals surface area contributed by atoms with Crippen LogP contribution in [0.2, 0.25) is 0 Å². The maximum atomic E-state index is 12.2. The average molecular weight is 314 g/mol. The maximum absolute atomic E-state index is 12.2. The van der Waals surface area contributed by atoms with Crippen molar-refractivity contribution in [2.45, 2.75) is 37.8 Å². The topological polar surface area (TPSA) is 79.2 Å². The van der Waals surface area contributed by atoms with Crippen LogP contribution in [0.15, 0.2) is 42.7 Å². The molecule has 1 saturated carbocycles. The second kappa shape index (κ2) is 6.83. The Labute approximate surface area is 135 Å². The number of aliphatic hydroxyl groups excluding tert-OH is 1. The third kappa shape index (κ3) is 3.90. The van der Waals surface area contributed by atoms with Gasteiger partial charge in [-0.05, 0) is 36.6 Å². The number of nitrogens with one attached hydrogen (secondary N) is 2. The minimum atomic E-state index is -0.462. The lowest BCUT2D eigenvalue weighted by Gasteiger charge is -2.28. The molecule has 1 aromatic heterocycles. The highest BCUT2D eigenvalue weighted by Crippen LogP contribution is 2.29. The van der Waals surface area contributed by atoms with Gasteiger partial charge in [0.1, 0.15) is 0 Å². The van der Waals surface area contributed by atoms with Crippen molar-refractivity contribution in [3.63, 3.8) is 0 Å². The zero-order valence-corrected chi connectivity index (χ0v) is 13.0. The van der Waals surface area contributed by atoms with Crippen LogP contribution in [0.25, 0.3) is 0 Å². The molecule has 6 nitrogen and oxygen atoms in total. The monoisotopic (exact) mass is 314 g/mol. The van der Waals surface area contributed by atoms with Crippen LogP contribution >= 0.6 is 0 Å². The minimum Gasteiger partial charge on any atom is -0.394 e. The van der Waals surface area contributed by atoms with Gasteiger partial charge >= 0.3 is 6.03 Å². The van der Waals surface area contributed by atoms with Crippen LogP contribution in [0.5, 0.6) is 0 Å². The minimum absolute atomic E-state index is 0.0141. The Morgan fingerprint density at radius 1 is 1.30 bits per heavy atom. The molecule has 122 valence electrons. The van der Waals surface area contributed by atoms with Crippen molar-refractivity contribution in [1.82, 2.24) is 15.1 Å². The fourth-order valence-corrected chi connectivity index (χ4v) is 3.11. The van der Waals surface area contributed by atoms with Gasteiger partial charge in [-0.3, -0.25) is 4.68 Å². The van der Waals surface area contributed by atoms with Crippen molar-refractivity contribution in [3.05, 3.63) is 48.3 Å². The molecule has 1 aliphatic rings. The highest BCUT2D eigenvalue weighted by molar-refractivity contribution is 5.89. The number of hydrogen-bond donors (Lipinski definition) is 3. The number of nitrogens with zero attached hydrogens (tertiary/aromatic N) is 2. The normalized spacial score (nSPS) is 16.2. The fourth-order valence-electron chi connectivity index (χ4n) is 3.11. The number of urea groups is 1. The summed E-state index contributed by atoms with van der Waals surface area (Å²) >= 11 is 0. The molecule has 2 aromatic rings. The lowest BCUT2D eigenvalue weighted by molar-refractivity contribution is 0.167. The molecule has 1 heterocycles. The smallest absolute Gasteiger partial charge is 0.319 e. The first-order chi connectivity index (χ1) is 11.2. The maximum Gasteiger partial charge on any atom is 0.319 e. The molecule has 3 rings (SSSR count). The number of carbonyl (C=O) groups excluding carboxylic acids is 1. The molecule has 1 fully saturated rings. The van der Waals surface area contributed by atoms with Gasteiger partial charge in [0.15, 0.2) is 0 Å². The Morgan fingerprint density at radius 2 is 2.13 bits per heavy atom. The van der Waals surface area contributed by atoms with Crippen LogP contribution in [0.4, 0.5) is 10.5 Å². The first kappa shape index (κ1) is 15.6. The number of hydrogen-bond acceptors (Lipinski definition) is 3. The van der Waals surface area contributed by atoms with E-state index in [1.807, 2.05) is 41.2 Å². The predicted octanol–water partition coefficient (Wildman–Crippen LogP) is 2.36. The van der Waals surface area contributed by atoms with E-state index in [9.17, 15) is 9.90 Å². The number of aliphatic hydroxyl groups is 1. The van der Waals surface area contributed by atoms with Gasteiger partial charge in [-0.2, -0.15) is 5.10 Å². The van der Waals surface area contributed by atoms with Crippen molar-refractivity contribution < 1.29 is 9.90 Å². The average Bonchev–Trinajstić information content (AvgIpc) is 3.20. The molecular formula is C17H22N4O2. The van der Waals surface area contributed by atoms with E-state index in [0.717, 1.165) is 36.9 Å². The predicted molar refractivity (Wildman–Crippen MR) is 88.2 cm³/mol. The standard InChI is InChI=1S/C17H22N4O2/c22-13-17(7-1-2-8-17)20-16(23)19-15-6-3-5-14(11-15)12-21-10-4-9-18-21/h3-6,9-11,22H,1-2,7-8,12-13H2,(H2,19,20,23). The molecule has 0 bridgehead atoms. The lowest BCUT2D eigenvalue weighted by atomic mass is 9.99. The third-order valence-corrected chi connectivity index (χ3v) is 4.33. The quantitative estimate of drug-likeness (QED) is 0.792. The van der Waals surface area contributed by atoms with E-state index in [0.29, 0.717) is 6.54 Å². The SMILES string of the molecule is O=C(Nc1cccc(Cn2cccn2)c1)NC1(CO)CCCC1. The van der Waals surface area contributed by atoms with E-state index in [1.165, 1.54) is 0 Å². The van der Waals surface area contributed by atoms with Gasteiger partial charge in [-0.1, -0.05) is 25.0 Å². The summed E-state index contributed by atoms with van der Waals surface area (Å²) in [5, 5.41) is 19.5. The number of amides is 2. The van der Waals surface area contributed by atoms with Gasteiger partial charge in [0.2, 0.25) is 0 Å². The van der Waals surface area contributed by atoms with Crippen molar-refractivity contribution >= 4 is 11.7 Å². The number of carbonyl (C=O) groups is 1. The van der Waals surface area contributed by atoms with Gasteiger partial charge in [0.25, 0.3) is 0 Å². The van der Waals surface area contributed by atoms with Crippen LogP contribution < -0.4 is 10.6 Å². The van der Waals surface area contributed by atoms with Gasteiger partial charge in [-0.15, -0.1) is 0 Å². The molecule has 1 aromatic carbocycles. The Balaban J connectivity index is 1.62. The summed E-state index contributed by atoms with van der Waals surface area (Å²) in [6.45, 7) is 0.643. The van der Waals surface area contributed by atoms with E-state index in [4.69, 9.17) is 0 Å². The number of benzene rings is 1. The van der Waals surface area contributed by atoms with Crippen molar-refractivity contribution in [1.29, 1.82) is 0 Å². The molecule has 0 aliphatic heterocycles. The first-order valence-corrected chi connectivity index (χ1v) is 7.96. The molecule has 0 atom stereocenters. The molecule has 3 N–H and O–H groups in total. The molecule has 0 spiro atoms. The summed E-state index contributed by atoms with van der Waals surface area (Å²) in [6, 6.07) is 9.31. The van der Waals surface area contributed by atoms with E-state index in [2.05, 4.69) is 15.7 Å². The van der Waals surface area contributed by atoms with Crippen LogP contribution in [-0.4, -0.2) is 33.1 Å². The third-order valence-electron chi connectivity index (χ3n) is 4.33. The second-order valence-electron chi connectivity index (χ2n) is 6.13. The first-order valence-electron chi connectivity index (χ1n) is 7.96. The van der Waals surface area contributed by atoms with E-state index >= 15 is 0 Å². The Hall–Kier alpha value is -2.34.